The minimum atomic E-state index is -1.12. The van der Waals surface area contributed by atoms with E-state index in [-0.39, 0.29) is 0 Å². The third kappa shape index (κ3) is 4.95. The summed E-state index contributed by atoms with van der Waals surface area (Å²) in [6.07, 6.45) is 2.63. The van der Waals surface area contributed by atoms with Crippen molar-refractivity contribution in [2.45, 2.75) is 37.8 Å². The van der Waals surface area contributed by atoms with Crippen LogP contribution < -0.4 is 16.0 Å². The molecule has 3 amide bonds. The molecule has 0 aliphatic heterocycles. The molecule has 4 N–H and O–H groups in total. The van der Waals surface area contributed by atoms with Gasteiger partial charge in [0, 0.05) is 11.0 Å². The highest BCUT2D eigenvalue weighted by atomic mass is 79.9. The summed E-state index contributed by atoms with van der Waals surface area (Å²) < 4.78 is 0.919. The third-order valence-electron chi connectivity index (χ3n) is 3.99. The Hall–Kier alpha value is -2.09. The summed E-state index contributed by atoms with van der Waals surface area (Å²) in [5.41, 5.74) is -0.105. The second-order valence-electron chi connectivity index (χ2n) is 5.80. The van der Waals surface area contributed by atoms with Gasteiger partial charge < -0.3 is 21.1 Å². The SMILES string of the molecule is O=C(O)CNC(=O)C1(NC(=O)NCc2cccc(Br)c2)CCCC1. The Balaban J connectivity index is 1.93. The minimum absolute atomic E-state index is 0.331. The van der Waals surface area contributed by atoms with Crippen LogP contribution in [-0.2, 0) is 16.1 Å². The van der Waals surface area contributed by atoms with Gasteiger partial charge in [-0.05, 0) is 30.5 Å². The van der Waals surface area contributed by atoms with E-state index in [9.17, 15) is 14.4 Å². The topological polar surface area (TPSA) is 108 Å². The molecule has 0 bridgehead atoms. The minimum Gasteiger partial charge on any atom is -0.480 e. The average molecular weight is 398 g/mol. The van der Waals surface area contributed by atoms with Crippen LogP contribution in [0.4, 0.5) is 4.79 Å². The Morgan fingerprint density at radius 3 is 2.50 bits per heavy atom. The number of aliphatic carboxylic acids is 1. The number of urea groups is 1. The Labute approximate surface area is 148 Å². The molecule has 1 saturated carbocycles. The first-order valence-electron chi connectivity index (χ1n) is 7.72. The highest BCUT2D eigenvalue weighted by Crippen LogP contribution is 2.29. The molecule has 130 valence electrons. The van der Waals surface area contributed by atoms with Crippen LogP contribution in [0, 0.1) is 0 Å². The lowest BCUT2D eigenvalue weighted by Gasteiger charge is -2.28. The summed E-state index contributed by atoms with van der Waals surface area (Å²) in [7, 11) is 0. The van der Waals surface area contributed by atoms with E-state index in [4.69, 9.17) is 5.11 Å². The number of halogens is 1. The highest BCUT2D eigenvalue weighted by molar-refractivity contribution is 9.10. The van der Waals surface area contributed by atoms with Gasteiger partial charge in [0.2, 0.25) is 5.91 Å². The molecule has 0 heterocycles. The van der Waals surface area contributed by atoms with Gasteiger partial charge in [-0.25, -0.2) is 4.79 Å². The van der Waals surface area contributed by atoms with Gasteiger partial charge in [-0.3, -0.25) is 9.59 Å². The number of carbonyl (C=O) groups excluding carboxylic acids is 2. The van der Waals surface area contributed by atoms with Crippen molar-refractivity contribution >= 4 is 33.8 Å². The van der Waals surface area contributed by atoms with Crippen LogP contribution in [0.2, 0.25) is 0 Å². The first kappa shape index (κ1) is 18.3. The summed E-state index contributed by atoms with van der Waals surface area (Å²) in [4.78, 5) is 35.1. The van der Waals surface area contributed by atoms with Crippen LogP contribution in [0.3, 0.4) is 0 Å². The number of amides is 3. The number of hydrogen-bond acceptors (Lipinski definition) is 3. The van der Waals surface area contributed by atoms with Gasteiger partial charge in [0.1, 0.15) is 12.1 Å². The smallest absolute Gasteiger partial charge is 0.322 e. The zero-order valence-corrected chi connectivity index (χ0v) is 14.7. The molecule has 1 fully saturated rings. The van der Waals surface area contributed by atoms with Gasteiger partial charge in [0.25, 0.3) is 0 Å². The summed E-state index contributed by atoms with van der Waals surface area (Å²) in [5, 5.41) is 16.5. The van der Waals surface area contributed by atoms with Crippen molar-refractivity contribution in [2.75, 3.05) is 6.54 Å². The molecule has 8 heteroatoms. The van der Waals surface area contributed by atoms with E-state index in [1.54, 1.807) is 0 Å². The second-order valence-corrected chi connectivity index (χ2v) is 6.72. The molecule has 0 spiro atoms. The monoisotopic (exact) mass is 397 g/mol. The number of nitrogens with one attached hydrogen (secondary N) is 3. The highest BCUT2D eigenvalue weighted by Gasteiger charge is 2.42. The first-order chi connectivity index (χ1) is 11.4. The lowest BCUT2D eigenvalue weighted by atomic mass is 9.96. The van der Waals surface area contributed by atoms with E-state index in [0.29, 0.717) is 19.4 Å². The number of carbonyl (C=O) groups is 3. The molecule has 1 aromatic carbocycles. The van der Waals surface area contributed by atoms with Crippen molar-refractivity contribution in [3.8, 4) is 0 Å². The summed E-state index contributed by atoms with van der Waals surface area (Å²) >= 11 is 3.37. The molecule has 7 nitrogen and oxygen atoms in total. The van der Waals surface area contributed by atoms with Crippen LogP contribution in [-0.4, -0.2) is 35.1 Å². The van der Waals surface area contributed by atoms with Crippen molar-refractivity contribution < 1.29 is 19.5 Å². The van der Waals surface area contributed by atoms with Gasteiger partial charge in [0.05, 0.1) is 0 Å². The molecular formula is C16H20BrN3O4. The summed E-state index contributed by atoms with van der Waals surface area (Å²) in [6, 6.07) is 7.10. The largest absolute Gasteiger partial charge is 0.480 e. The maximum absolute atomic E-state index is 12.3. The number of carboxylic acid groups (broad SMARTS) is 1. The van der Waals surface area contributed by atoms with E-state index in [1.807, 2.05) is 24.3 Å². The molecule has 0 aromatic heterocycles. The molecule has 2 rings (SSSR count). The van der Waals surface area contributed by atoms with Crippen LogP contribution in [0.1, 0.15) is 31.2 Å². The van der Waals surface area contributed by atoms with Crippen molar-refractivity contribution in [2.24, 2.45) is 0 Å². The summed E-state index contributed by atoms with van der Waals surface area (Å²) in [6.45, 7) is -0.125. The Kier molecular flexibility index (Phi) is 6.19. The quantitative estimate of drug-likeness (QED) is 0.586. The van der Waals surface area contributed by atoms with E-state index in [2.05, 4.69) is 31.9 Å². The van der Waals surface area contributed by atoms with Gasteiger partial charge in [-0.2, -0.15) is 0 Å². The normalized spacial score (nSPS) is 15.5. The summed E-state index contributed by atoms with van der Waals surface area (Å²) in [5.74, 6) is -1.56. The Morgan fingerprint density at radius 2 is 1.88 bits per heavy atom. The van der Waals surface area contributed by atoms with Crippen LogP contribution >= 0.6 is 15.9 Å². The Bertz CT molecular complexity index is 630. The average Bonchev–Trinajstić information content (AvgIpc) is 3.00. The van der Waals surface area contributed by atoms with E-state index in [0.717, 1.165) is 22.9 Å². The van der Waals surface area contributed by atoms with Crippen LogP contribution in [0.15, 0.2) is 28.7 Å². The fourth-order valence-electron chi connectivity index (χ4n) is 2.80. The molecule has 0 saturated heterocycles. The first-order valence-corrected chi connectivity index (χ1v) is 8.51. The Morgan fingerprint density at radius 1 is 1.17 bits per heavy atom. The predicted molar refractivity (Wildman–Crippen MR) is 91.4 cm³/mol. The molecule has 24 heavy (non-hydrogen) atoms. The zero-order chi connectivity index (χ0) is 17.6. The fourth-order valence-corrected chi connectivity index (χ4v) is 3.25. The van der Waals surface area contributed by atoms with Crippen molar-refractivity contribution in [1.82, 2.24) is 16.0 Å². The van der Waals surface area contributed by atoms with Gasteiger partial charge >= 0.3 is 12.0 Å². The van der Waals surface area contributed by atoms with Gasteiger partial charge in [-0.15, -0.1) is 0 Å². The number of benzene rings is 1. The zero-order valence-electron chi connectivity index (χ0n) is 13.1. The number of hydrogen-bond donors (Lipinski definition) is 4. The van der Waals surface area contributed by atoms with Crippen LogP contribution in [0.25, 0.3) is 0 Å². The molecule has 0 radical (unpaired) electrons. The van der Waals surface area contributed by atoms with Crippen molar-refractivity contribution in [3.63, 3.8) is 0 Å². The maximum atomic E-state index is 12.3. The molecule has 0 atom stereocenters. The van der Waals surface area contributed by atoms with E-state index < -0.39 is 30.0 Å². The molecular weight excluding hydrogens is 378 g/mol. The van der Waals surface area contributed by atoms with E-state index >= 15 is 0 Å². The number of carboxylic acids is 1. The van der Waals surface area contributed by atoms with Crippen molar-refractivity contribution in [1.29, 1.82) is 0 Å². The maximum Gasteiger partial charge on any atom is 0.322 e. The second kappa shape index (κ2) is 8.14. The predicted octanol–water partition coefficient (Wildman–Crippen LogP) is 1.76. The van der Waals surface area contributed by atoms with Crippen molar-refractivity contribution in [3.05, 3.63) is 34.3 Å². The molecule has 1 aliphatic rings. The lowest BCUT2D eigenvalue weighted by Crippen LogP contribution is -2.59. The molecule has 1 aromatic rings. The molecule has 1 aliphatic carbocycles. The van der Waals surface area contributed by atoms with Gasteiger partial charge in [0.15, 0.2) is 0 Å². The van der Waals surface area contributed by atoms with Gasteiger partial charge in [-0.1, -0.05) is 40.9 Å². The lowest BCUT2D eigenvalue weighted by molar-refractivity contribution is -0.139. The third-order valence-corrected chi connectivity index (χ3v) is 4.48. The van der Waals surface area contributed by atoms with Crippen LogP contribution in [0.5, 0.6) is 0 Å². The molecule has 0 unspecified atom stereocenters. The standard InChI is InChI=1S/C16H20BrN3O4/c17-12-5-3-4-11(8-12)9-19-15(24)20-16(6-1-2-7-16)14(23)18-10-13(21)22/h3-5,8H,1-2,6-7,9-10H2,(H,18,23)(H,21,22)(H2,19,20,24). The van der Waals surface area contributed by atoms with E-state index in [1.165, 1.54) is 0 Å². The number of rotatable bonds is 6. The fraction of sp³-hybridized carbons (Fsp3) is 0.438.